The van der Waals surface area contributed by atoms with Gasteiger partial charge in [0.05, 0.1) is 22.1 Å². The number of rotatable bonds is 10. The van der Waals surface area contributed by atoms with Crippen LogP contribution < -0.4 is 10.1 Å². The summed E-state index contributed by atoms with van der Waals surface area (Å²) in [7, 11) is 0. The lowest BCUT2D eigenvalue weighted by Crippen LogP contribution is -2.36. The Balaban J connectivity index is 1.69. The van der Waals surface area contributed by atoms with Gasteiger partial charge < -0.3 is 14.8 Å². The lowest BCUT2D eigenvalue weighted by atomic mass is 10.2. The molecule has 0 aliphatic carbocycles. The number of carbonyl (C=O) groups excluding carboxylic acids is 4. The third-order valence-corrected chi connectivity index (χ3v) is 5.88. The third-order valence-electron chi connectivity index (χ3n) is 4.64. The molecule has 1 aliphatic heterocycles. The Hall–Kier alpha value is -3.56. The molecule has 1 N–H and O–H groups in total. The second-order valence-corrected chi connectivity index (χ2v) is 8.68. The van der Waals surface area contributed by atoms with Crippen LogP contribution >= 0.6 is 23.4 Å². The Morgan fingerprint density at radius 2 is 1.97 bits per heavy atom. The first-order valence-electron chi connectivity index (χ1n) is 10.7. The Labute approximate surface area is 211 Å². The maximum atomic E-state index is 12.8. The van der Waals surface area contributed by atoms with E-state index in [1.807, 2.05) is 6.92 Å². The molecule has 2 aromatic rings. The summed E-state index contributed by atoms with van der Waals surface area (Å²) in [6.45, 7) is 5.51. The first kappa shape index (κ1) is 26.1. The lowest BCUT2D eigenvalue weighted by molar-refractivity contribution is -0.127. The fourth-order valence-electron chi connectivity index (χ4n) is 3.03. The molecule has 8 nitrogen and oxygen atoms in total. The highest BCUT2D eigenvalue weighted by molar-refractivity contribution is 8.18. The number of anilines is 1. The van der Waals surface area contributed by atoms with Crippen LogP contribution in [0.1, 0.15) is 29.3 Å². The highest BCUT2D eigenvalue weighted by Gasteiger charge is 2.36. The summed E-state index contributed by atoms with van der Waals surface area (Å²) < 4.78 is 10.7. The van der Waals surface area contributed by atoms with Crippen LogP contribution in [0.15, 0.2) is 60.0 Å². The second-order valence-electron chi connectivity index (χ2n) is 7.28. The van der Waals surface area contributed by atoms with Crippen molar-refractivity contribution in [3.8, 4) is 5.75 Å². The molecule has 2 aromatic carbocycles. The van der Waals surface area contributed by atoms with Gasteiger partial charge in [-0.25, -0.2) is 4.79 Å². The van der Waals surface area contributed by atoms with E-state index in [1.165, 1.54) is 18.2 Å². The number of amides is 3. The summed E-state index contributed by atoms with van der Waals surface area (Å²) >= 11 is 6.81. The van der Waals surface area contributed by atoms with Gasteiger partial charge in [0.15, 0.2) is 0 Å². The topological polar surface area (TPSA) is 102 Å². The predicted molar refractivity (Wildman–Crippen MR) is 135 cm³/mol. The third kappa shape index (κ3) is 6.74. The summed E-state index contributed by atoms with van der Waals surface area (Å²) in [6, 6.07) is 11.4. The summed E-state index contributed by atoms with van der Waals surface area (Å²) in [4.78, 5) is 51.0. The van der Waals surface area contributed by atoms with Gasteiger partial charge in [0.1, 0.15) is 18.9 Å². The van der Waals surface area contributed by atoms with Crippen LogP contribution in [-0.4, -0.2) is 47.7 Å². The van der Waals surface area contributed by atoms with Crippen molar-refractivity contribution in [3.63, 3.8) is 0 Å². The smallest absolute Gasteiger partial charge is 0.339 e. The molecule has 1 heterocycles. The highest BCUT2D eigenvalue weighted by atomic mass is 35.5. The van der Waals surface area contributed by atoms with Gasteiger partial charge in [-0.15, -0.1) is 0 Å². The van der Waals surface area contributed by atoms with E-state index < -0.39 is 29.6 Å². The van der Waals surface area contributed by atoms with Gasteiger partial charge in [0.2, 0.25) is 5.91 Å². The molecule has 0 unspecified atom stereocenters. The molecule has 1 fully saturated rings. The van der Waals surface area contributed by atoms with Gasteiger partial charge in [0, 0.05) is 11.3 Å². The van der Waals surface area contributed by atoms with E-state index in [0.29, 0.717) is 17.7 Å². The summed E-state index contributed by atoms with van der Waals surface area (Å²) in [5, 5.41) is 2.19. The molecular weight excluding hydrogens is 492 g/mol. The summed E-state index contributed by atoms with van der Waals surface area (Å²) in [5.74, 6) is -1.28. The van der Waals surface area contributed by atoms with Crippen LogP contribution in [0.2, 0.25) is 5.02 Å². The minimum absolute atomic E-state index is 0.101. The summed E-state index contributed by atoms with van der Waals surface area (Å²) in [6.07, 6.45) is 3.80. The molecule has 0 bridgehead atoms. The molecule has 1 aliphatic rings. The molecule has 1 saturated heterocycles. The van der Waals surface area contributed by atoms with E-state index in [1.54, 1.807) is 36.4 Å². The number of nitrogens with one attached hydrogen (secondary N) is 1. The number of halogens is 1. The monoisotopic (exact) mass is 514 g/mol. The number of carbonyl (C=O) groups is 4. The van der Waals surface area contributed by atoms with Crippen molar-refractivity contribution in [2.45, 2.75) is 13.3 Å². The van der Waals surface area contributed by atoms with Gasteiger partial charge in [-0.1, -0.05) is 49.4 Å². The molecular formula is C25H23ClN2O6S. The van der Waals surface area contributed by atoms with Crippen LogP contribution in [0.4, 0.5) is 10.5 Å². The van der Waals surface area contributed by atoms with Crippen LogP contribution in [0, 0.1) is 0 Å². The molecule has 3 rings (SSSR count). The SMILES string of the molecule is C=CCOc1ccccc1/C=C1\SC(=O)N(CC(=O)Nc2ccc(Cl)c(C(=O)OCCC)c2)C1=O. The summed E-state index contributed by atoms with van der Waals surface area (Å²) in [5.41, 5.74) is 0.996. The molecule has 0 saturated carbocycles. The average molecular weight is 515 g/mol. The van der Waals surface area contributed by atoms with E-state index in [9.17, 15) is 19.2 Å². The van der Waals surface area contributed by atoms with Crippen LogP contribution in [0.5, 0.6) is 5.75 Å². The molecule has 0 atom stereocenters. The van der Waals surface area contributed by atoms with E-state index in [4.69, 9.17) is 21.1 Å². The first-order chi connectivity index (χ1) is 16.8. The van der Waals surface area contributed by atoms with Gasteiger partial charge in [-0.2, -0.15) is 0 Å². The Morgan fingerprint density at radius 1 is 1.20 bits per heavy atom. The number of esters is 1. The number of para-hydroxylation sites is 1. The van der Waals surface area contributed by atoms with Crippen molar-refractivity contribution in [3.05, 3.63) is 76.2 Å². The largest absolute Gasteiger partial charge is 0.489 e. The van der Waals surface area contributed by atoms with Crippen molar-refractivity contribution < 1.29 is 28.7 Å². The van der Waals surface area contributed by atoms with Crippen molar-refractivity contribution in [1.29, 1.82) is 0 Å². The van der Waals surface area contributed by atoms with Crippen LogP contribution in [0.25, 0.3) is 6.08 Å². The zero-order chi connectivity index (χ0) is 25.4. The fourth-order valence-corrected chi connectivity index (χ4v) is 4.06. The van der Waals surface area contributed by atoms with Crippen molar-refractivity contribution >= 4 is 58.1 Å². The van der Waals surface area contributed by atoms with Gasteiger partial charge in [-0.3, -0.25) is 19.3 Å². The number of hydrogen-bond acceptors (Lipinski definition) is 7. The maximum absolute atomic E-state index is 12.8. The number of hydrogen-bond donors (Lipinski definition) is 1. The predicted octanol–water partition coefficient (Wildman–Crippen LogP) is 5.15. The standard InChI is InChI=1S/C25H23ClN2O6S/c1-3-11-33-20-8-6-5-7-16(20)13-21-23(30)28(25(32)35-21)15-22(29)27-17-9-10-19(26)18(14-17)24(31)34-12-4-2/h3,5-10,13-14H,1,4,11-12,15H2,2H3,(H,27,29)/b21-13-. The molecule has 0 spiro atoms. The van der Waals surface area contributed by atoms with Crippen LogP contribution in [-0.2, 0) is 14.3 Å². The van der Waals surface area contributed by atoms with Gasteiger partial charge in [-0.05, 0) is 48.5 Å². The minimum atomic E-state index is -0.613. The Kier molecular flexibility index (Phi) is 9.11. The lowest BCUT2D eigenvalue weighted by Gasteiger charge is -2.13. The van der Waals surface area contributed by atoms with E-state index in [0.717, 1.165) is 16.7 Å². The van der Waals surface area contributed by atoms with E-state index >= 15 is 0 Å². The molecule has 10 heteroatoms. The average Bonchev–Trinajstić information content (AvgIpc) is 3.10. The zero-order valence-electron chi connectivity index (χ0n) is 18.9. The Morgan fingerprint density at radius 3 is 2.71 bits per heavy atom. The highest BCUT2D eigenvalue weighted by Crippen LogP contribution is 2.34. The van der Waals surface area contributed by atoms with E-state index in [2.05, 4.69) is 11.9 Å². The number of benzene rings is 2. The van der Waals surface area contributed by atoms with Gasteiger partial charge >= 0.3 is 5.97 Å². The van der Waals surface area contributed by atoms with Crippen molar-refractivity contribution in [1.82, 2.24) is 4.90 Å². The number of nitrogens with zero attached hydrogens (tertiary/aromatic N) is 1. The molecule has 0 radical (unpaired) electrons. The zero-order valence-corrected chi connectivity index (χ0v) is 20.5. The minimum Gasteiger partial charge on any atom is -0.489 e. The second kappa shape index (κ2) is 12.2. The Bertz CT molecular complexity index is 1200. The van der Waals surface area contributed by atoms with Crippen LogP contribution in [0.3, 0.4) is 0 Å². The first-order valence-corrected chi connectivity index (χ1v) is 11.9. The quantitative estimate of drug-likeness (QED) is 0.266. The van der Waals surface area contributed by atoms with Crippen molar-refractivity contribution in [2.75, 3.05) is 25.1 Å². The molecule has 35 heavy (non-hydrogen) atoms. The number of ether oxygens (including phenoxy) is 2. The normalized spacial score (nSPS) is 14.2. The molecule has 0 aromatic heterocycles. The molecule has 3 amide bonds. The maximum Gasteiger partial charge on any atom is 0.339 e. The molecule has 182 valence electrons. The van der Waals surface area contributed by atoms with E-state index in [-0.39, 0.29) is 34.4 Å². The van der Waals surface area contributed by atoms with Gasteiger partial charge in [0.25, 0.3) is 11.1 Å². The number of imide groups is 1. The van der Waals surface area contributed by atoms with Crippen molar-refractivity contribution in [2.24, 2.45) is 0 Å². The fraction of sp³-hybridized carbons (Fsp3) is 0.200. The number of thioether (sulfide) groups is 1.